The molecule has 0 bridgehead atoms. The van der Waals surface area contributed by atoms with Crippen LogP contribution in [0.2, 0.25) is 0 Å². The molecule has 30 heavy (non-hydrogen) atoms. The fraction of sp³-hybridized carbons (Fsp3) is 0.636. The van der Waals surface area contributed by atoms with Gasteiger partial charge in [-0.2, -0.15) is 0 Å². The van der Waals surface area contributed by atoms with E-state index in [0.29, 0.717) is 18.8 Å². The molecule has 1 aromatic carbocycles. The fourth-order valence-electron chi connectivity index (χ4n) is 4.80. The number of rotatable bonds is 5. The van der Waals surface area contributed by atoms with Gasteiger partial charge in [0.05, 0.1) is 26.4 Å². The average Bonchev–Trinajstić information content (AvgIpc) is 3.17. The van der Waals surface area contributed by atoms with E-state index in [4.69, 9.17) is 23.9 Å². The van der Waals surface area contributed by atoms with Gasteiger partial charge in [0.2, 0.25) is 0 Å². The molecule has 0 spiro atoms. The zero-order valence-corrected chi connectivity index (χ0v) is 17.4. The van der Waals surface area contributed by atoms with Crippen molar-refractivity contribution in [2.24, 2.45) is 5.92 Å². The molecule has 6 atom stereocenters. The summed E-state index contributed by atoms with van der Waals surface area (Å²) in [5.74, 6) is -1.61. The van der Waals surface area contributed by atoms with Crippen molar-refractivity contribution in [3.63, 3.8) is 0 Å². The van der Waals surface area contributed by atoms with E-state index in [1.54, 1.807) is 0 Å². The van der Waals surface area contributed by atoms with Crippen molar-refractivity contribution in [1.82, 2.24) is 5.23 Å². The first-order valence-corrected chi connectivity index (χ1v) is 10.6. The number of ether oxygens (including phenoxy) is 3. The van der Waals surface area contributed by atoms with Crippen LogP contribution < -0.4 is 0 Å². The largest absolute Gasteiger partial charge is 0.469 e. The van der Waals surface area contributed by atoms with E-state index in [1.165, 1.54) is 31.4 Å². The van der Waals surface area contributed by atoms with Gasteiger partial charge in [-0.3, -0.25) is 9.63 Å². The Bertz CT molecular complexity index is 742. The zero-order valence-electron chi connectivity index (χ0n) is 17.4. The standard InChI is InChI=1S/C22H29NO7/c1-26-21(24)19-16-12-13-18(29-23(16)30-20(19)22(25)27-2)28-17-11-7-6-10-15(17)14-8-4-3-5-9-14/h3-5,8-9,15-20H,6-7,10-13H2,1-2H3/t15-,16-,17+,18-,19-,20-/m1/s1. The normalized spacial score (nSPS) is 34.2. The first kappa shape index (κ1) is 21.2. The van der Waals surface area contributed by atoms with Gasteiger partial charge in [-0.1, -0.05) is 48.4 Å². The smallest absolute Gasteiger partial charge is 0.338 e. The number of methoxy groups -OCH3 is 2. The Balaban J connectivity index is 1.43. The third-order valence-corrected chi connectivity index (χ3v) is 6.31. The van der Waals surface area contributed by atoms with Crippen LogP contribution in [0.3, 0.4) is 0 Å². The molecule has 2 saturated heterocycles. The highest BCUT2D eigenvalue weighted by Crippen LogP contribution is 2.40. The maximum absolute atomic E-state index is 12.3. The van der Waals surface area contributed by atoms with Gasteiger partial charge in [0.25, 0.3) is 0 Å². The monoisotopic (exact) mass is 419 g/mol. The molecule has 0 aromatic heterocycles. The van der Waals surface area contributed by atoms with Crippen molar-refractivity contribution in [3.05, 3.63) is 35.9 Å². The second-order valence-electron chi connectivity index (χ2n) is 8.04. The number of carbonyl (C=O) groups is 2. The summed E-state index contributed by atoms with van der Waals surface area (Å²) >= 11 is 0. The lowest BCUT2D eigenvalue weighted by molar-refractivity contribution is -0.438. The van der Waals surface area contributed by atoms with Gasteiger partial charge in [0, 0.05) is 12.3 Å². The molecule has 0 N–H and O–H groups in total. The maximum atomic E-state index is 12.3. The van der Waals surface area contributed by atoms with Crippen molar-refractivity contribution in [3.8, 4) is 0 Å². The summed E-state index contributed by atoms with van der Waals surface area (Å²) in [5, 5.41) is 1.25. The Morgan fingerprint density at radius 1 is 0.933 bits per heavy atom. The highest BCUT2D eigenvalue weighted by Gasteiger charge is 2.55. The Kier molecular flexibility index (Phi) is 6.67. The third kappa shape index (κ3) is 4.23. The van der Waals surface area contributed by atoms with Crippen molar-refractivity contribution in [2.45, 2.75) is 69.0 Å². The van der Waals surface area contributed by atoms with Gasteiger partial charge in [0.15, 0.2) is 12.4 Å². The van der Waals surface area contributed by atoms with Crippen LogP contribution >= 0.6 is 0 Å². The quantitative estimate of drug-likeness (QED) is 0.674. The lowest BCUT2D eigenvalue weighted by Gasteiger charge is -2.38. The molecule has 1 saturated carbocycles. The molecule has 8 nitrogen and oxygen atoms in total. The van der Waals surface area contributed by atoms with Crippen molar-refractivity contribution >= 4 is 11.9 Å². The van der Waals surface area contributed by atoms with E-state index in [0.717, 1.165) is 19.3 Å². The van der Waals surface area contributed by atoms with Gasteiger partial charge in [-0.15, -0.1) is 0 Å². The number of nitrogens with zero attached hydrogens (tertiary/aromatic N) is 1. The fourth-order valence-corrected chi connectivity index (χ4v) is 4.80. The molecule has 1 aromatic rings. The molecule has 4 rings (SSSR count). The van der Waals surface area contributed by atoms with E-state index in [9.17, 15) is 9.59 Å². The topological polar surface area (TPSA) is 83.5 Å². The first-order valence-electron chi connectivity index (χ1n) is 10.6. The molecule has 1 aliphatic carbocycles. The van der Waals surface area contributed by atoms with E-state index in [-0.39, 0.29) is 6.10 Å². The summed E-state index contributed by atoms with van der Waals surface area (Å²) in [7, 11) is 2.55. The second kappa shape index (κ2) is 9.43. The van der Waals surface area contributed by atoms with Crippen LogP contribution in [0.1, 0.15) is 50.0 Å². The third-order valence-electron chi connectivity index (χ3n) is 6.31. The number of hydroxylamine groups is 2. The van der Waals surface area contributed by atoms with Crippen LogP contribution in [-0.4, -0.2) is 55.9 Å². The molecule has 2 heterocycles. The molecule has 3 aliphatic rings. The van der Waals surface area contributed by atoms with E-state index in [2.05, 4.69) is 24.3 Å². The molecule has 164 valence electrons. The number of hydrogen-bond acceptors (Lipinski definition) is 8. The summed E-state index contributed by atoms with van der Waals surface area (Å²) in [6.45, 7) is 0. The molecule has 2 aliphatic heterocycles. The summed E-state index contributed by atoms with van der Waals surface area (Å²) in [4.78, 5) is 36.0. The van der Waals surface area contributed by atoms with Gasteiger partial charge < -0.3 is 14.2 Å². The maximum Gasteiger partial charge on any atom is 0.338 e. The molecule has 0 unspecified atom stereocenters. The predicted octanol–water partition coefficient (Wildman–Crippen LogP) is 2.73. The summed E-state index contributed by atoms with van der Waals surface area (Å²) in [5.41, 5.74) is 1.28. The zero-order chi connectivity index (χ0) is 21.1. The Hall–Kier alpha value is -2.00. The van der Waals surface area contributed by atoms with E-state index in [1.807, 2.05) is 6.07 Å². The lowest BCUT2D eigenvalue weighted by Crippen LogP contribution is -2.46. The molecule has 3 fully saturated rings. The lowest BCUT2D eigenvalue weighted by atomic mass is 9.81. The highest BCUT2D eigenvalue weighted by molar-refractivity contribution is 5.84. The Morgan fingerprint density at radius 2 is 1.67 bits per heavy atom. The molecular formula is C22H29NO7. The number of fused-ring (bicyclic) bond motifs is 1. The van der Waals surface area contributed by atoms with Gasteiger partial charge in [-0.05, 0) is 24.8 Å². The minimum atomic E-state index is -1.09. The summed E-state index contributed by atoms with van der Waals surface area (Å²) in [6.07, 6.45) is 4.02. The predicted molar refractivity (Wildman–Crippen MR) is 105 cm³/mol. The molecular weight excluding hydrogens is 390 g/mol. The van der Waals surface area contributed by atoms with E-state index >= 15 is 0 Å². The van der Waals surface area contributed by atoms with Crippen LogP contribution in [0, 0.1) is 5.92 Å². The summed E-state index contributed by atoms with van der Waals surface area (Å²) < 4.78 is 16.0. The molecule has 8 heteroatoms. The van der Waals surface area contributed by atoms with Crippen LogP contribution in [0.4, 0.5) is 0 Å². The van der Waals surface area contributed by atoms with Crippen molar-refractivity contribution in [2.75, 3.05) is 14.2 Å². The Morgan fingerprint density at radius 3 is 2.40 bits per heavy atom. The highest BCUT2D eigenvalue weighted by atomic mass is 17.0. The van der Waals surface area contributed by atoms with Crippen molar-refractivity contribution < 1.29 is 33.5 Å². The summed E-state index contributed by atoms with van der Waals surface area (Å²) in [6, 6.07) is 10.0. The van der Waals surface area contributed by atoms with Gasteiger partial charge in [0.1, 0.15) is 5.92 Å². The molecule has 0 radical (unpaired) electrons. The van der Waals surface area contributed by atoms with Gasteiger partial charge >= 0.3 is 11.9 Å². The SMILES string of the molecule is COC(=O)[C@@H]1[C@H]2CC[C@H](O[C@H]3CCCC[C@@H]3c3ccccc3)ON2O[C@H]1C(=O)OC. The number of carbonyl (C=O) groups excluding carboxylic acids is 2. The second-order valence-corrected chi connectivity index (χ2v) is 8.04. The van der Waals surface area contributed by atoms with Crippen LogP contribution in [-0.2, 0) is 33.5 Å². The van der Waals surface area contributed by atoms with Crippen molar-refractivity contribution in [1.29, 1.82) is 0 Å². The van der Waals surface area contributed by atoms with Crippen LogP contribution in [0.15, 0.2) is 30.3 Å². The van der Waals surface area contributed by atoms with Crippen LogP contribution in [0.25, 0.3) is 0 Å². The average molecular weight is 419 g/mol. The van der Waals surface area contributed by atoms with Gasteiger partial charge in [-0.25, -0.2) is 9.63 Å². The number of esters is 2. The Labute approximate surface area is 176 Å². The minimum absolute atomic E-state index is 0.0538. The first-order chi connectivity index (χ1) is 14.6. The van der Waals surface area contributed by atoms with E-state index < -0.39 is 36.3 Å². The number of benzene rings is 1. The number of hydrogen-bond donors (Lipinski definition) is 0. The van der Waals surface area contributed by atoms with Crippen LogP contribution in [0.5, 0.6) is 0 Å². The minimum Gasteiger partial charge on any atom is -0.469 e. The molecule has 0 amide bonds.